The number of hydrogen-bond donors (Lipinski definition) is 2. The molecule has 0 bridgehead atoms. The molecule has 0 saturated carbocycles. The minimum Gasteiger partial charge on any atom is -0.377 e. The van der Waals surface area contributed by atoms with Crippen LogP contribution in [0.1, 0.15) is 41.0 Å². The van der Waals surface area contributed by atoms with Gasteiger partial charge in [0, 0.05) is 23.9 Å². The molecule has 4 rings (SSSR count). The topological polar surface area (TPSA) is 87.3 Å². The van der Waals surface area contributed by atoms with Gasteiger partial charge in [-0.15, -0.1) is 11.3 Å². The Morgan fingerprint density at radius 2 is 2.12 bits per heavy atom. The third-order valence-electron chi connectivity index (χ3n) is 5.64. The molecule has 1 aliphatic heterocycles. The van der Waals surface area contributed by atoms with Crippen LogP contribution in [0.3, 0.4) is 0 Å². The highest BCUT2D eigenvalue weighted by atomic mass is 35.5. The maximum absolute atomic E-state index is 13.3. The molecule has 7 nitrogen and oxygen atoms in total. The van der Waals surface area contributed by atoms with Gasteiger partial charge in [0.25, 0.3) is 5.56 Å². The predicted molar refractivity (Wildman–Crippen MR) is 127 cm³/mol. The number of fused-ring (bicyclic) bond motifs is 1. The maximum Gasteiger partial charge on any atom is 0.304 e. The van der Waals surface area contributed by atoms with Crippen LogP contribution >= 0.6 is 34.7 Å². The zero-order valence-corrected chi connectivity index (χ0v) is 20.0. The number of piperidine rings is 1. The van der Waals surface area contributed by atoms with Gasteiger partial charge in [-0.3, -0.25) is 9.59 Å². The maximum atomic E-state index is 13.3. The smallest absolute Gasteiger partial charge is 0.304 e. The Bertz CT molecular complexity index is 1200. The third-order valence-corrected chi connectivity index (χ3v) is 7.12. The van der Waals surface area contributed by atoms with Crippen molar-refractivity contribution in [2.45, 2.75) is 32.4 Å². The van der Waals surface area contributed by atoms with Crippen molar-refractivity contribution in [3.63, 3.8) is 0 Å². The number of amides is 1. The first kappa shape index (κ1) is 24.1. The van der Waals surface area contributed by atoms with Crippen molar-refractivity contribution < 1.29 is 13.9 Å². The van der Waals surface area contributed by atoms with Gasteiger partial charge in [0.05, 0.1) is 23.6 Å². The summed E-state index contributed by atoms with van der Waals surface area (Å²) in [6, 6.07) is 4.05. The summed E-state index contributed by atoms with van der Waals surface area (Å²) in [7, 11) is 0. The molecule has 1 amide bonds. The molecular weight excluding hydrogens is 490 g/mol. The van der Waals surface area contributed by atoms with Gasteiger partial charge in [-0.2, -0.15) is 0 Å². The average Bonchev–Trinajstić information content (AvgIpc) is 3.23. The zero-order valence-electron chi connectivity index (χ0n) is 17.7. The normalized spacial score (nSPS) is 14.6. The number of benzene rings is 1. The number of H-pyrrole nitrogens is 1. The Morgan fingerprint density at radius 3 is 2.88 bits per heavy atom. The highest BCUT2D eigenvalue weighted by Crippen LogP contribution is 2.24. The molecule has 1 saturated heterocycles. The van der Waals surface area contributed by atoms with Crippen LogP contribution in [-0.2, 0) is 17.9 Å². The molecule has 0 radical (unpaired) electrons. The molecule has 3 aromatic rings. The lowest BCUT2D eigenvalue weighted by molar-refractivity contribution is 0.0846. The van der Waals surface area contributed by atoms with Crippen LogP contribution in [0.15, 0.2) is 28.4 Å². The van der Waals surface area contributed by atoms with Crippen molar-refractivity contribution in [1.82, 2.24) is 19.7 Å². The second kappa shape index (κ2) is 10.9. The lowest BCUT2D eigenvalue weighted by Crippen LogP contribution is -2.28. The largest absolute Gasteiger partial charge is 0.377 e. The molecule has 11 heteroatoms. The summed E-state index contributed by atoms with van der Waals surface area (Å²) in [5, 5.41) is 5.53. The van der Waals surface area contributed by atoms with Gasteiger partial charge >= 0.3 is 5.91 Å². The molecule has 3 heterocycles. The van der Waals surface area contributed by atoms with E-state index in [1.807, 2.05) is 5.38 Å². The average molecular weight is 513 g/mol. The Morgan fingerprint density at radius 1 is 1.33 bits per heavy atom. The van der Waals surface area contributed by atoms with Crippen LogP contribution in [-0.4, -0.2) is 40.0 Å². The number of rotatable bonds is 8. The fourth-order valence-corrected chi connectivity index (χ4v) is 5.15. The number of aromatic amines is 1. The van der Waals surface area contributed by atoms with Crippen molar-refractivity contribution in [1.29, 1.82) is 0 Å². The molecule has 176 valence electrons. The quantitative estimate of drug-likeness (QED) is 0.343. The van der Waals surface area contributed by atoms with E-state index in [2.05, 4.69) is 15.3 Å². The Hall–Kier alpha value is -2.04. The van der Waals surface area contributed by atoms with E-state index in [1.165, 1.54) is 29.5 Å². The second-order valence-corrected chi connectivity index (χ2v) is 9.64. The highest BCUT2D eigenvalue weighted by Gasteiger charge is 2.21. The number of aromatic nitrogens is 2. The first-order chi connectivity index (χ1) is 15.9. The molecule has 0 unspecified atom stereocenters. The van der Waals surface area contributed by atoms with E-state index in [0.29, 0.717) is 34.9 Å². The second-order valence-electron chi connectivity index (χ2n) is 7.96. The van der Waals surface area contributed by atoms with Crippen LogP contribution < -0.4 is 10.9 Å². The van der Waals surface area contributed by atoms with Gasteiger partial charge in [-0.05, 0) is 61.3 Å². The summed E-state index contributed by atoms with van der Waals surface area (Å²) in [5.74, 6) is -0.734. The van der Waals surface area contributed by atoms with Gasteiger partial charge in [0.1, 0.15) is 10.6 Å². The molecule has 1 aromatic carbocycles. The number of carbonyl (C=O) groups excluding carboxylic acids is 1. The number of carbonyl (C=O) groups is 1. The van der Waals surface area contributed by atoms with Crippen molar-refractivity contribution >= 4 is 50.8 Å². The lowest BCUT2D eigenvalue weighted by Gasteiger charge is -2.22. The van der Waals surface area contributed by atoms with Crippen molar-refractivity contribution in [2.24, 2.45) is 5.92 Å². The lowest BCUT2D eigenvalue weighted by atomic mass is 9.95. The van der Waals surface area contributed by atoms with Crippen LogP contribution in [0.2, 0.25) is 5.02 Å². The Kier molecular flexibility index (Phi) is 7.98. The summed E-state index contributed by atoms with van der Waals surface area (Å²) in [6.45, 7) is 3.02. The molecule has 2 aromatic heterocycles. The van der Waals surface area contributed by atoms with E-state index in [0.717, 1.165) is 42.3 Å². The minimum absolute atomic E-state index is 0.0390. The summed E-state index contributed by atoms with van der Waals surface area (Å²) in [6.07, 6.45) is 3.33. The number of ether oxygens (including phenoxy) is 1. The third kappa shape index (κ3) is 5.91. The molecule has 2 N–H and O–H groups in total. The first-order valence-electron chi connectivity index (χ1n) is 10.6. The SMILES string of the molecule is O=C(c1nc2scc(COCCC3CCNCC3)c2c(=O)[nH]1)N(Cl)Cc1ccc(F)c(Cl)c1. The van der Waals surface area contributed by atoms with E-state index in [9.17, 15) is 14.0 Å². The zero-order chi connectivity index (χ0) is 23.4. The minimum atomic E-state index is -0.677. The van der Waals surface area contributed by atoms with Crippen molar-refractivity contribution in [2.75, 3.05) is 19.7 Å². The molecular formula is C22H23Cl2FN4O3S. The fourth-order valence-electron chi connectivity index (χ4n) is 3.80. The molecule has 0 aliphatic carbocycles. The standard InChI is InChI=1S/C22H23Cl2FN4O3S/c23-16-9-14(1-2-17(16)25)10-29(24)22(31)19-27-20(30)18-15(12-33-21(18)28-19)11-32-8-5-13-3-6-26-7-4-13/h1-2,9,12-13,26H,3-8,10-11H2,(H,27,28,30). The van der Waals surface area contributed by atoms with Crippen LogP contribution in [0.4, 0.5) is 4.39 Å². The van der Waals surface area contributed by atoms with E-state index in [-0.39, 0.29) is 17.4 Å². The number of nitrogens with one attached hydrogen (secondary N) is 2. The number of hydrogen-bond acceptors (Lipinski definition) is 6. The van der Waals surface area contributed by atoms with E-state index in [1.54, 1.807) is 0 Å². The highest BCUT2D eigenvalue weighted by molar-refractivity contribution is 7.16. The van der Waals surface area contributed by atoms with E-state index >= 15 is 0 Å². The van der Waals surface area contributed by atoms with Crippen LogP contribution in [0, 0.1) is 11.7 Å². The predicted octanol–water partition coefficient (Wildman–Crippen LogP) is 4.48. The number of nitrogens with zero attached hydrogens (tertiary/aromatic N) is 2. The van der Waals surface area contributed by atoms with E-state index < -0.39 is 17.3 Å². The molecule has 1 fully saturated rings. The molecule has 1 aliphatic rings. The van der Waals surface area contributed by atoms with Crippen molar-refractivity contribution in [3.05, 3.63) is 61.7 Å². The van der Waals surface area contributed by atoms with Crippen LogP contribution in [0.25, 0.3) is 10.2 Å². The Balaban J connectivity index is 1.40. The Labute approximate surface area is 204 Å². The van der Waals surface area contributed by atoms with Gasteiger partial charge in [0.15, 0.2) is 0 Å². The van der Waals surface area contributed by atoms with Gasteiger partial charge in [-0.25, -0.2) is 13.8 Å². The fraction of sp³-hybridized carbons (Fsp3) is 0.409. The van der Waals surface area contributed by atoms with Gasteiger partial charge in [0.2, 0.25) is 5.82 Å². The molecule has 0 atom stereocenters. The number of halogens is 3. The molecule has 33 heavy (non-hydrogen) atoms. The van der Waals surface area contributed by atoms with Crippen molar-refractivity contribution in [3.8, 4) is 0 Å². The first-order valence-corrected chi connectivity index (χ1v) is 12.2. The number of thiophene rings is 1. The van der Waals surface area contributed by atoms with E-state index in [4.69, 9.17) is 28.1 Å². The summed E-state index contributed by atoms with van der Waals surface area (Å²) in [5.41, 5.74) is 0.862. The van der Waals surface area contributed by atoms with Gasteiger partial charge < -0.3 is 15.0 Å². The monoisotopic (exact) mass is 512 g/mol. The summed E-state index contributed by atoms with van der Waals surface area (Å²) >= 11 is 13.2. The summed E-state index contributed by atoms with van der Waals surface area (Å²) < 4.78 is 20.0. The van der Waals surface area contributed by atoms with Gasteiger partial charge in [-0.1, -0.05) is 17.7 Å². The molecule has 0 spiro atoms. The summed E-state index contributed by atoms with van der Waals surface area (Å²) in [4.78, 5) is 32.7. The van der Waals surface area contributed by atoms with Crippen LogP contribution in [0.5, 0.6) is 0 Å².